The molecule has 1 heterocycles. The van der Waals surface area contributed by atoms with E-state index in [-0.39, 0.29) is 0 Å². The van der Waals surface area contributed by atoms with E-state index in [0.29, 0.717) is 11.3 Å². The molecule has 84 valence electrons. The zero-order valence-electron chi connectivity index (χ0n) is 8.62. The van der Waals surface area contributed by atoms with E-state index in [1.54, 1.807) is 6.07 Å². The van der Waals surface area contributed by atoms with Crippen molar-refractivity contribution in [2.24, 2.45) is 11.7 Å². The first-order chi connectivity index (χ1) is 7.24. The predicted molar refractivity (Wildman–Crippen MR) is 65.2 cm³/mol. The smallest absolute Gasteiger partial charge is 0.193 e. The van der Waals surface area contributed by atoms with Gasteiger partial charge in [-0.3, -0.25) is 0 Å². The number of furan rings is 1. The molecular weight excluding hydrogens is 230 g/mol. The highest BCUT2D eigenvalue weighted by Gasteiger charge is 2.21. The van der Waals surface area contributed by atoms with E-state index in [1.165, 1.54) is 25.0 Å². The van der Waals surface area contributed by atoms with Gasteiger partial charge in [0.1, 0.15) is 5.76 Å². The van der Waals surface area contributed by atoms with Crippen LogP contribution >= 0.6 is 23.4 Å². The lowest BCUT2D eigenvalue weighted by molar-refractivity contribution is 0.531. The topological polar surface area (TPSA) is 39.2 Å². The maximum Gasteiger partial charge on any atom is 0.193 e. The molecule has 0 aromatic carbocycles. The third-order valence-electron chi connectivity index (χ3n) is 2.81. The van der Waals surface area contributed by atoms with Crippen LogP contribution in [0.1, 0.15) is 25.0 Å². The second kappa shape index (κ2) is 5.28. The Kier molecular flexibility index (Phi) is 4.00. The second-order valence-corrected chi connectivity index (χ2v) is 5.56. The molecule has 2 unspecified atom stereocenters. The van der Waals surface area contributed by atoms with Crippen molar-refractivity contribution in [2.75, 3.05) is 5.75 Å². The van der Waals surface area contributed by atoms with E-state index in [4.69, 9.17) is 21.8 Å². The molecule has 1 aliphatic rings. The van der Waals surface area contributed by atoms with Crippen LogP contribution in [0.2, 0.25) is 5.22 Å². The number of nitrogens with two attached hydrogens (primary N) is 1. The van der Waals surface area contributed by atoms with Gasteiger partial charge in [-0.15, -0.1) is 0 Å². The number of hydrogen-bond donors (Lipinski definition) is 1. The van der Waals surface area contributed by atoms with Crippen molar-refractivity contribution in [3.63, 3.8) is 0 Å². The maximum absolute atomic E-state index is 5.87. The largest absolute Gasteiger partial charge is 0.449 e. The molecule has 1 saturated carbocycles. The van der Waals surface area contributed by atoms with Crippen LogP contribution in [0.3, 0.4) is 0 Å². The van der Waals surface area contributed by atoms with E-state index in [0.717, 1.165) is 17.4 Å². The lowest BCUT2D eigenvalue weighted by Gasteiger charge is -2.07. The van der Waals surface area contributed by atoms with Crippen LogP contribution < -0.4 is 5.73 Å². The van der Waals surface area contributed by atoms with Gasteiger partial charge in [-0.25, -0.2) is 0 Å². The monoisotopic (exact) mass is 245 g/mol. The van der Waals surface area contributed by atoms with Crippen LogP contribution in [0, 0.1) is 5.92 Å². The van der Waals surface area contributed by atoms with Crippen molar-refractivity contribution in [2.45, 2.75) is 31.1 Å². The van der Waals surface area contributed by atoms with Gasteiger partial charge in [0.2, 0.25) is 0 Å². The highest BCUT2D eigenvalue weighted by Crippen LogP contribution is 2.29. The highest BCUT2D eigenvalue weighted by molar-refractivity contribution is 7.98. The van der Waals surface area contributed by atoms with Gasteiger partial charge in [0.05, 0.1) is 5.75 Å². The Hall–Kier alpha value is -0.120. The van der Waals surface area contributed by atoms with Gasteiger partial charge in [0.15, 0.2) is 5.22 Å². The molecule has 2 N–H and O–H groups in total. The maximum atomic E-state index is 5.87. The zero-order valence-corrected chi connectivity index (χ0v) is 10.2. The standard InChI is InChI=1S/C11H16ClNOS/c12-11-4-3-10(14-11)7-15-6-8-1-2-9(13)5-8/h3-4,8-9H,1-2,5-7,13H2. The zero-order chi connectivity index (χ0) is 10.7. The fraction of sp³-hybridized carbons (Fsp3) is 0.636. The number of halogens is 1. The van der Waals surface area contributed by atoms with Crippen LogP contribution in [0.15, 0.2) is 16.5 Å². The molecule has 15 heavy (non-hydrogen) atoms. The Bertz CT molecular complexity index is 315. The number of rotatable bonds is 4. The van der Waals surface area contributed by atoms with Gasteiger partial charge in [0, 0.05) is 6.04 Å². The van der Waals surface area contributed by atoms with Gasteiger partial charge in [-0.2, -0.15) is 11.8 Å². The van der Waals surface area contributed by atoms with Crippen LogP contribution in [-0.2, 0) is 5.75 Å². The average molecular weight is 246 g/mol. The van der Waals surface area contributed by atoms with Crippen LogP contribution in [0.5, 0.6) is 0 Å². The predicted octanol–water partition coefficient (Wildman–Crippen LogP) is 3.29. The fourth-order valence-corrected chi connectivity index (χ4v) is 3.29. The summed E-state index contributed by atoms with van der Waals surface area (Å²) in [4.78, 5) is 0. The van der Waals surface area contributed by atoms with E-state index in [1.807, 2.05) is 17.8 Å². The van der Waals surface area contributed by atoms with Crippen molar-refractivity contribution in [3.05, 3.63) is 23.1 Å². The van der Waals surface area contributed by atoms with Crippen LogP contribution in [0.4, 0.5) is 0 Å². The summed E-state index contributed by atoms with van der Waals surface area (Å²) in [7, 11) is 0. The number of hydrogen-bond acceptors (Lipinski definition) is 3. The summed E-state index contributed by atoms with van der Waals surface area (Å²) in [5.41, 5.74) is 5.87. The molecule has 1 aromatic heterocycles. The fourth-order valence-electron chi connectivity index (χ4n) is 2.02. The summed E-state index contributed by atoms with van der Waals surface area (Å²) in [5, 5.41) is 0.480. The minimum absolute atomic E-state index is 0.439. The Balaban J connectivity index is 1.67. The van der Waals surface area contributed by atoms with Crippen molar-refractivity contribution < 1.29 is 4.42 Å². The van der Waals surface area contributed by atoms with Crippen molar-refractivity contribution in [1.82, 2.24) is 0 Å². The Morgan fingerprint density at radius 1 is 1.47 bits per heavy atom. The van der Waals surface area contributed by atoms with Gasteiger partial charge in [-0.1, -0.05) is 0 Å². The van der Waals surface area contributed by atoms with Crippen LogP contribution in [0.25, 0.3) is 0 Å². The Labute approximate surface area is 99.5 Å². The van der Waals surface area contributed by atoms with Crippen LogP contribution in [-0.4, -0.2) is 11.8 Å². The van der Waals surface area contributed by atoms with E-state index < -0.39 is 0 Å². The molecule has 0 bridgehead atoms. The third-order valence-corrected chi connectivity index (χ3v) is 4.21. The molecule has 0 amide bonds. The molecular formula is C11H16ClNOS. The summed E-state index contributed by atoms with van der Waals surface area (Å²) in [6, 6.07) is 4.17. The lowest BCUT2D eigenvalue weighted by atomic mass is 10.1. The Morgan fingerprint density at radius 3 is 2.93 bits per heavy atom. The molecule has 2 atom stereocenters. The quantitative estimate of drug-likeness (QED) is 0.885. The first-order valence-corrected chi connectivity index (χ1v) is 6.85. The molecule has 1 fully saturated rings. The van der Waals surface area contributed by atoms with Crippen molar-refractivity contribution in [1.29, 1.82) is 0 Å². The van der Waals surface area contributed by atoms with Gasteiger partial charge >= 0.3 is 0 Å². The third kappa shape index (κ3) is 3.44. The molecule has 2 rings (SSSR count). The summed E-state index contributed by atoms with van der Waals surface area (Å²) in [6.07, 6.45) is 3.66. The minimum atomic E-state index is 0.439. The molecule has 0 radical (unpaired) electrons. The minimum Gasteiger partial charge on any atom is -0.449 e. The van der Waals surface area contributed by atoms with E-state index in [2.05, 4.69) is 0 Å². The molecule has 0 spiro atoms. The normalized spacial score (nSPS) is 26.0. The first kappa shape index (κ1) is 11.4. The first-order valence-electron chi connectivity index (χ1n) is 5.31. The average Bonchev–Trinajstić information content (AvgIpc) is 2.76. The molecule has 0 aliphatic heterocycles. The molecule has 0 saturated heterocycles. The molecule has 4 heteroatoms. The Morgan fingerprint density at radius 2 is 2.33 bits per heavy atom. The molecule has 1 aliphatic carbocycles. The van der Waals surface area contributed by atoms with Crippen molar-refractivity contribution in [3.8, 4) is 0 Å². The summed E-state index contributed by atoms with van der Waals surface area (Å²) in [6.45, 7) is 0. The SMILES string of the molecule is NC1CCC(CSCc2ccc(Cl)o2)C1. The van der Waals surface area contributed by atoms with Gasteiger partial charge in [0.25, 0.3) is 0 Å². The van der Waals surface area contributed by atoms with E-state index >= 15 is 0 Å². The molecule has 2 nitrogen and oxygen atoms in total. The van der Waals surface area contributed by atoms with Crippen molar-refractivity contribution >= 4 is 23.4 Å². The van der Waals surface area contributed by atoms with Gasteiger partial charge in [-0.05, 0) is 54.7 Å². The highest BCUT2D eigenvalue weighted by atomic mass is 35.5. The summed E-state index contributed by atoms with van der Waals surface area (Å²) in [5.74, 6) is 3.87. The van der Waals surface area contributed by atoms with Gasteiger partial charge < -0.3 is 10.2 Å². The summed E-state index contributed by atoms with van der Waals surface area (Å²) >= 11 is 7.60. The lowest BCUT2D eigenvalue weighted by Crippen LogP contribution is -2.15. The number of thioether (sulfide) groups is 1. The van der Waals surface area contributed by atoms with E-state index in [9.17, 15) is 0 Å². The molecule has 1 aromatic rings. The summed E-state index contributed by atoms with van der Waals surface area (Å²) < 4.78 is 5.29. The second-order valence-electron chi connectivity index (χ2n) is 4.16.